The molecule has 30 nitrogen and oxygen atoms in total. The van der Waals surface area contributed by atoms with Gasteiger partial charge in [0.05, 0.1) is 71.1 Å². The van der Waals surface area contributed by atoms with Gasteiger partial charge < -0.3 is 86.2 Å². The van der Waals surface area contributed by atoms with Crippen molar-refractivity contribution in [2.75, 3.05) is 140 Å². The monoisotopic (exact) mass is 1360 g/mol. The van der Waals surface area contributed by atoms with Crippen molar-refractivity contribution >= 4 is 104 Å². The molecule has 30 heteroatoms. The minimum absolute atomic E-state index is 0.00274. The number of fused-ring (bicyclic) bond motifs is 4. The van der Waals surface area contributed by atoms with Crippen LogP contribution in [0.15, 0.2) is 95.4 Å². The average Bonchev–Trinajstić information content (AvgIpc) is 1.56. The summed E-state index contributed by atoms with van der Waals surface area (Å²) in [4.78, 5) is 145. The molecule has 0 unspecified atom stereocenters. The van der Waals surface area contributed by atoms with E-state index in [-0.39, 0.29) is 132 Å². The Morgan fingerprint density at radius 1 is 0.673 bits per heavy atom. The molecule has 98 heavy (non-hydrogen) atoms. The lowest BCUT2D eigenvalue weighted by atomic mass is 9.93. The van der Waals surface area contributed by atoms with E-state index < -0.39 is 59.7 Å². The largest absolute Gasteiger partial charge is 0.451 e. The summed E-state index contributed by atoms with van der Waals surface area (Å²) >= 11 is 0. The van der Waals surface area contributed by atoms with E-state index in [1.54, 1.807) is 54.0 Å². The summed E-state index contributed by atoms with van der Waals surface area (Å²) < 4.78 is 34.0. The average molecular weight is 1360 g/mol. The Morgan fingerprint density at radius 3 is 1.98 bits per heavy atom. The summed E-state index contributed by atoms with van der Waals surface area (Å²) in [5, 5.41) is 27.4. The second-order valence-electron chi connectivity index (χ2n) is 23.6. The fourth-order valence-corrected chi connectivity index (χ4v) is 11.1. The third-order valence-corrected chi connectivity index (χ3v) is 16.3. The van der Waals surface area contributed by atoms with Crippen LogP contribution in [0.4, 0.5) is 26.7 Å². The van der Waals surface area contributed by atoms with Crippen LogP contribution in [0.3, 0.4) is 0 Å². The van der Waals surface area contributed by atoms with Crippen molar-refractivity contribution in [3.05, 3.63) is 108 Å². The molecule has 526 valence electrons. The van der Waals surface area contributed by atoms with E-state index in [0.717, 1.165) is 27.7 Å². The van der Waals surface area contributed by atoms with Gasteiger partial charge in [-0.3, -0.25) is 53.4 Å². The molecule has 5 aromatic rings. The molecule has 3 aliphatic heterocycles. The number of primary amides is 1. The molecular weight excluding hydrogens is 1270 g/mol. The number of imide groups is 1. The molecule has 1 saturated heterocycles. The number of nitrogens with zero attached hydrogens (tertiary/aromatic N) is 3. The van der Waals surface area contributed by atoms with Gasteiger partial charge in [-0.2, -0.15) is 0 Å². The summed E-state index contributed by atoms with van der Waals surface area (Å²) in [6.45, 7) is 11.0. The minimum Gasteiger partial charge on any atom is -0.451 e. The van der Waals surface area contributed by atoms with Gasteiger partial charge in [0.2, 0.25) is 29.5 Å². The number of nitrogens with two attached hydrogens (primary N) is 1. The number of nitrogens with one attached hydrogen (secondary N) is 9. The van der Waals surface area contributed by atoms with Gasteiger partial charge in [0.15, 0.2) is 5.76 Å². The minimum atomic E-state index is -1.10. The lowest BCUT2D eigenvalue weighted by Crippen LogP contribution is -2.55. The van der Waals surface area contributed by atoms with Gasteiger partial charge in [-0.1, -0.05) is 45.0 Å². The van der Waals surface area contributed by atoms with Crippen molar-refractivity contribution in [3.63, 3.8) is 0 Å². The number of anilines is 3. The van der Waals surface area contributed by atoms with E-state index in [9.17, 15) is 52.7 Å². The molecule has 1 aromatic heterocycles. The number of carbonyl (C=O) groups is 11. The molecule has 11 N–H and O–H groups in total. The lowest BCUT2D eigenvalue weighted by Gasteiger charge is -2.27. The Bertz CT molecular complexity index is 3650. The van der Waals surface area contributed by atoms with Crippen molar-refractivity contribution < 1.29 is 80.8 Å². The molecule has 0 aliphatic carbocycles. The number of hydrogen-bond donors (Lipinski definition) is 10. The molecule has 4 aromatic carbocycles. The normalized spacial score (nSPS) is 14.9. The molecule has 1 fully saturated rings. The van der Waals surface area contributed by atoms with Crippen LogP contribution in [-0.4, -0.2) is 212 Å². The van der Waals surface area contributed by atoms with Gasteiger partial charge in [0, 0.05) is 130 Å². The molecule has 4 heterocycles. The maximum atomic E-state index is 14.4. The van der Waals surface area contributed by atoms with Crippen LogP contribution in [0.1, 0.15) is 85.3 Å². The second-order valence-corrected chi connectivity index (χ2v) is 23.6. The highest BCUT2D eigenvalue weighted by Gasteiger charge is 2.37. The maximum Gasteiger partial charge on any atom is 0.415 e. The zero-order valence-corrected chi connectivity index (χ0v) is 55.3. The number of benzene rings is 4. The summed E-state index contributed by atoms with van der Waals surface area (Å²) in [6, 6.07) is 19.5. The van der Waals surface area contributed by atoms with E-state index in [1.807, 2.05) is 24.3 Å². The quantitative estimate of drug-likeness (QED) is 0.0200. The highest BCUT2D eigenvalue weighted by atomic mass is 16.6. The number of piperazine rings is 1. The number of hydrogen-bond acceptors (Lipinski definition) is 19. The number of amides is 12. The van der Waals surface area contributed by atoms with Crippen molar-refractivity contribution in [2.24, 2.45) is 11.7 Å². The molecule has 3 aliphatic rings. The number of ether oxygens (including phenoxy) is 5. The summed E-state index contributed by atoms with van der Waals surface area (Å²) in [6.07, 6.45) is 3.07. The predicted octanol–water partition coefficient (Wildman–Crippen LogP) is 3.00. The number of furan rings is 1. The molecule has 3 atom stereocenters. The zero-order chi connectivity index (χ0) is 69.9. The van der Waals surface area contributed by atoms with E-state index in [2.05, 4.69) is 54.8 Å². The van der Waals surface area contributed by atoms with Crippen molar-refractivity contribution in [2.45, 2.75) is 70.9 Å². The first-order valence-electron chi connectivity index (χ1n) is 32.9. The van der Waals surface area contributed by atoms with Crippen LogP contribution in [0.2, 0.25) is 0 Å². The van der Waals surface area contributed by atoms with Crippen LogP contribution in [0.25, 0.3) is 21.7 Å². The Labute approximate surface area is 566 Å². The SMILES string of the molecule is CC[C@@H]1CN(C(=O)c2cc3cc(NC(=O)c4ccc(NC(=O)[C@H](CCCNC(N)=O)NC(=O)[C@@H](NCC(=O)NCCNC(=O)CCOCCOCCOCCOCCNC(=O)CCN5C(=O)C=CC5=O)C(C)C)cc4)ccc3o2)c2cc(OC(=O)N3CCNCC3)c3ccccc3c21. The maximum absolute atomic E-state index is 14.4. The van der Waals surface area contributed by atoms with Crippen LogP contribution in [0, 0.1) is 5.92 Å². The van der Waals surface area contributed by atoms with Crippen molar-refractivity contribution in [1.82, 2.24) is 47.0 Å². The lowest BCUT2D eigenvalue weighted by molar-refractivity contribution is -0.137. The first-order valence-corrected chi connectivity index (χ1v) is 32.9. The Hall–Kier alpha value is -9.85. The fraction of sp³-hybridized carbons (Fsp3) is 0.456. The van der Waals surface area contributed by atoms with Gasteiger partial charge in [0.25, 0.3) is 23.6 Å². The van der Waals surface area contributed by atoms with Gasteiger partial charge in [-0.25, -0.2) is 9.59 Å². The van der Waals surface area contributed by atoms with Crippen LogP contribution < -0.4 is 63.2 Å². The predicted molar refractivity (Wildman–Crippen MR) is 361 cm³/mol. The topological polar surface area (TPSA) is 391 Å². The number of urea groups is 1. The number of carbonyl (C=O) groups excluding carboxylic acids is 11. The highest BCUT2D eigenvalue weighted by molar-refractivity contribution is 6.13. The van der Waals surface area contributed by atoms with Crippen LogP contribution in [-0.2, 0) is 52.5 Å². The second kappa shape index (κ2) is 37.6. The third-order valence-electron chi connectivity index (χ3n) is 16.3. The van der Waals surface area contributed by atoms with Gasteiger partial charge in [-0.15, -0.1) is 0 Å². The first-order chi connectivity index (χ1) is 47.4. The zero-order valence-electron chi connectivity index (χ0n) is 55.3. The summed E-state index contributed by atoms with van der Waals surface area (Å²) in [5.74, 6) is -3.76. The summed E-state index contributed by atoms with van der Waals surface area (Å²) in [5.41, 5.74) is 8.31. The summed E-state index contributed by atoms with van der Waals surface area (Å²) in [7, 11) is 0. The fourth-order valence-electron chi connectivity index (χ4n) is 11.1. The molecule has 0 radical (unpaired) electrons. The smallest absolute Gasteiger partial charge is 0.415 e. The molecule has 8 rings (SSSR count). The van der Waals surface area contributed by atoms with E-state index in [0.29, 0.717) is 92.9 Å². The third kappa shape index (κ3) is 21.8. The van der Waals surface area contributed by atoms with Crippen LogP contribution >= 0.6 is 0 Å². The Morgan fingerprint density at radius 2 is 1.31 bits per heavy atom. The number of rotatable bonds is 38. The molecule has 12 amide bonds. The van der Waals surface area contributed by atoms with Crippen molar-refractivity contribution in [1.29, 1.82) is 0 Å². The van der Waals surface area contributed by atoms with Crippen molar-refractivity contribution in [3.8, 4) is 5.75 Å². The van der Waals surface area contributed by atoms with E-state index in [1.165, 1.54) is 36.4 Å². The van der Waals surface area contributed by atoms with E-state index >= 15 is 0 Å². The van der Waals surface area contributed by atoms with Crippen LogP contribution in [0.5, 0.6) is 5.75 Å². The first kappa shape index (κ1) is 74.0. The van der Waals surface area contributed by atoms with Gasteiger partial charge in [0.1, 0.15) is 17.4 Å². The molecule has 0 saturated carbocycles. The van der Waals surface area contributed by atoms with Gasteiger partial charge in [-0.05, 0) is 84.7 Å². The highest BCUT2D eigenvalue weighted by Crippen LogP contribution is 2.47. The molecule has 0 spiro atoms. The van der Waals surface area contributed by atoms with E-state index in [4.69, 9.17) is 33.8 Å². The Balaban J connectivity index is 0.720. The Kier molecular flexibility index (Phi) is 28.4. The standard InChI is InChI=1S/C68H87N13O17/c1-4-44-42-81(52-40-54(49-8-5-6-9-50(49)61(44)52)98-68(92)79-28-24-70-25-29-79)66(90)55-39-46-38-48(15-16-53(46)97-55)77-63(87)45-11-13-47(14-12-45)76-64(88)51(10-7-21-74-67(69)91)78-65(89)62(43(2)3)75-41-58(84)72-23-22-71-57(83)20-30-93-32-34-95-36-37-96-35-33-94-31-26-73-56(82)19-27-80-59(85)17-18-60(80)86/h5-6,8-9,11-18,38-40,43-44,51,62,70,75H,4,7,10,19-37,41-42H2,1-3H3,(H,71,83)(H,72,84)(H,73,82)(H,76,88)(H,77,87)(H,78,89)(H3,69,74,91)/t44-,51+,62+/m1/s1. The molecular formula is C68H87N13O17. The molecule has 0 bridgehead atoms. The van der Waals surface area contributed by atoms with Gasteiger partial charge >= 0.3 is 12.1 Å².